The second-order valence-electron chi connectivity index (χ2n) is 3.25. The maximum Gasteiger partial charge on any atom is 2.00 e. The zero-order chi connectivity index (χ0) is 12.1. The number of hydrogen-bond acceptors (Lipinski definition) is 1. The van der Waals surface area contributed by atoms with Gasteiger partial charge in [-0.25, -0.2) is 0 Å². The van der Waals surface area contributed by atoms with E-state index in [0.29, 0.717) is 0 Å². The first kappa shape index (κ1) is 18.6. The fraction of sp³-hybridized carbons (Fsp3) is 0.200. The van der Waals surface area contributed by atoms with Gasteiger partial charge in [0.15, 0.2) is 0 Å². The van der Waals surface area contributed by atoms with Crippen LogP contribution in [0.2, 0.25) is 0 Å². The van der Waals surface area contributed by atoms with Crippen molar-refractivity contribution in [3.63, 3.8) is 0 Å². The van der Waals surface area contributed by atoms with Crippen molar-refractivity contribution in [3.05, 3.63) is 72.8 Å². The molecular formula is C15H18OZr. The molecule has 2 heteroatoms. The van der Waals surface area contributed by atoms with Gasteiger partial charge in [0.1, 0.15) is 0 Å². The molecule has 2 aromatic rings. The van der Waals surface area contributed by atoms with Crippen molar-refractivity contribution in [2.24, 2.45) is 0 Å². The Morgan fingerprint density at radius 3 is 1.00 bits per heavy atom. The van der Waals surface area contributed by atoms with Gasteiger partial charge < -0.3 is 5.11 Å². The molecule has 0 aliphatic rings. The van der Waals surface area contributed by atoms with Gasteiger partial charge in [0.25, 0.3) is 0 Å². The molecular weight excluding hydrogens is 287 g/mol. The SMILES string of the molecule is CC(C)O.[Zr+2].[c-]1ccccc1.[c-]1ccccc1. The fourth-order valence-electron chi connectivity index (χ4n) is 0.684. The van der Waals surface area contributed by atoms with Crippen LogP contribution in [0.1, 0.15) is 13.8 Å². The van der Waals surface area contributed by atoms with E-state index in [-0.39, 0.29) is 32.3 Å². The smallest absolute Gasteiger partial charge is 0.394 e. The zero-order valence-electron chi connectivity index (χ0n) is 10.3. The first-order chi connectivity index (χ1) is 7.73. The van der Waals surface area contributed by atoms with Crippen LogP contribution in [0, 0.1) is 12.1 Å². The molecule has 2 rings (SSSR count). The molecule has 0 aliphatic carbocycles. The number of aliphatic hydroxyl groups excluding tert-OH is 1. The number of rotatable bonds is 0. The molecule has 0 amide bonds. The quantitative estimate of drug-likeness (QED) is 0.740. The molecule has 0 saturated carbocycles. The Hall–Kier alpha value is -0.717. The van der Waals surface area contributed by atoms with E-state index in [1.165, 1.54) is 0 Å². The second kappa shape index (κ2) is 15.3. The van der Waals surface area contributed by atoms with E-state index in [1.807, 2.05) is 60.7 Å². The molecule has 2 aromatic carbocycles. The van der Waals surface area contributed by atoms with Crippen LogP contribution in [0.5, 0.6) is 0 Å². The summed E-state index contributed by atoms with van der Waals surface area (Å²) < 4.78 is 0. The molecule has 0 radical (unpaired) electrons. The van der Waals surface area contributed by atoms with E-state index < -0.39 is 0 Å². The normalized spacial score (nSPS) is 7.76. The molecule has 1 N–H and O–H groups in total. The summed E-state index contributed by atoms with van der Waals surface area (Å²) in [6.45, 7) is 3.44. The summed E-state index contributed by atoms with van der Waals surface area (Å²) in [5.74, 6) is 0. The van der Waals surface area contributed by atoms with Crippen LogP contribution in [0.15, 0.2) is 60.7 Å². The van der Waals surface area contributed by atoms with Crippen molar-refractivity contribution < 1.29 is 31.3 Å². The van der Waals surface area contributed by atoms with Gasteiger partial charge >= 0.3 is 26.2 Å². The minimum absolute atomic E-state index is 0. The van der Waals surface area contributed by atoms with Crippen LogP contribution in [-0.4, -0.2) is 11.2 Å². The monoisotopic (exact) mass is 304 g/mol. The molecule has 0 saturated heterocycles. The summed E-state index contributed by atoms with van der Waals surface area (Å²) >= 11 is 0. The van der Waals surface area contributed by atoms with Crippen molar-refractivity contribution in [2.75, 3.05) is 0 Å². The zero-order valence-corrected chi connectivity index (χ0v) is 12.8. The third-order valence-corrected chi connectivity index (χ3v) is 1.21. The molecule has 17 heavy (non-hydrogen) atoms. The van der Waals surface area contributed by atoms with Crippen LogP contribution >= 0.6 is 0 Å². The van der Waals surface area contributed by atoms with Crippen molar-refractivity contribution >= 4 is 0 Å². The first-order valence-corrected chi connectivity index (χ1v) is 5.23. The third kappa shape index (κ3) is 21.2. The predicted molar refractivity (Wildman–Crippen MR) is 67.9 cm³/mol. The maximum absolute atomic E-state index is 8.06. The maximum atomic E-state index is 8.06. The Kier molecular flexibility index (Phi) is 16.8. The molecule has 0 unspecified atom stereocenters. The molecule has 1 nitrogen and oxygen atoms in total. The van der Waals surface area contributed by atoms with Crippen LogP contribution in [-0.2, 0) is 26.2 Å². The van der Waals surface area contributed by atoms with E-state index in [4.69, 9.17) is 5.11 Å². The van der Waals surface area contributed by atoms with E-state index in [1.54, 1.807) is 13.8 Å². The van der Waals surface area contributed by atoms with E-state index in [2.05, 4.69) is 12.1 Å². The van der Waals surface area contributed by atoms with E-state index in [0.717, 1.165) is 0 Å². The van der Waals surface area contributed by atoms with Crippen LogP contribution in [0.25, 0.3) is 0 Å². The molecule has 0 aliphatic heterocycles. The number of benzene rings is 2. The fourth-order valence-corrected chi connectivity index (χ4v) is 0.684. The number of aliphatic hydroxyl groups is 1. The van der Waals surface area contributed by atoms with Crippen molar-refractivity contribution in [3.8, 4) is 0 Å². The Balaban J connectivity index is 0. The van der Waals surface area contributed by atoms with E-state index >= 15 is 0 Å². The summed E-state index contributed by atoms with van der Waals surface area (Å²) in [6, 6.07) is 25.0. The molecule has 0 spiro atoms. The first-order valence-electron chi connectivity index (χ1n) is 5.23. The van der Waals surface area contributed by atoms with Crippen molar-refractivity contribution in [1.82, 2.24) is 0 Å². The third-order valence-electron chi connectivity index (χ3n) is 1.21. The Labute approximate surface area is 124 Å². The predicted octanol–water partition coefficient (Wildman–Crippen LogP) is 3.36. The van der Waals surface area contributed by atoms with E-state index in [9.17, 15) is 0 Å². The van der Waals surface area contributed by atoms with Gasteiger partial charge in [0, 0.05) is 6.10 Å². The van der Waals surface area contributed by atoms with Crippen LogP contribution in [0.4, 0.5) is 0 Å². The number of hydrogen-bond donors (Lipinski definition) is 1. The molecule has 88 valence electrons. The summed E-state index contributed by atoms with van der Waals surface area (Å²) in [7, 11) is 0. The molecule has 0 aromatic heterocycles. The standard InChI is InChI=1S/2C6H5.C3H8O.Zr/c2*1-2-4-6-5-3-1;1-3(2)4;/h2*1-5H;3-4H,1-2H3;/q2*-1;;+2. The van der Waals surface area contributed by atoms with Gasteiger partial charge in [-0.3, -0.25) is 0 Å². The van der Waals surface area contributed by atoms with Crippen molar-refractivity contribution in [2.45, 2.75) is 20.0 Å². The summed E-state index contributed by atoms with van der Waals surface area (Å²) in [4.78, 5) is 0. The molecule has 0 atom stereocenters. The summed E-state index contributed by atoms with van der Waals surface area (Å²) in [5.41, 5.74) is 0. The van der Waals surface area contributed by atoms with Gasteiger partial charge in [-0.2, -0.15) is 72.8 Å². The second-order valence-corrected chi connectivity index (χ2v) is 3.25. The molecule has 0 bridgehead atoms. The largest absolute Gasteiger partial charge is 2.00 e. The Morgan fingerprint density at radius 1 is 0.706 bits per heavy atom. The van der Waals surface area contributed by atoms with Crippen molar-refractivity contribution in [1.29, 1.82) is 0 Å². The summed E-state index contributed by atoms with van der Waals surface area (Å²) in [6.07, 6.45) is -0.167. The van der Waals surface area contributed by atoms with Crippen LogP contribution < -0.4 is 0 Å². The average molecular weight is 306 g/mol. The molecule has 0 heterocycles. The van der Waals surface area contributed by atoms with Crippen LogP contribution in [0.3, 0.4) is 0 Å². The Morgan fingerprint density at radius 2 is 0.941 bits per heavy atom. The minimum Gasteiger partial charge on any atom is -0.394 e. The topological polar surface area (TPSA) is 20.2 Å². The van der Waals surface area contributed by atoms with Gasteiger partial charge in [0.05, 0.1) is 0 Å². The minimum atomic E-state index is -0.167. The summed E-state index contributed by atoms with van der Waals surface area (Å²) in [5, 5.41) is 8.06. The van der Waals surface area contributed by atoms with Gasteiger partial charge in [-0.05, 0) is 13.8 Å². The van der Waals surface area contributed by atoms with Gasteiger partial charge in [0.2, 0.25) is 0 Å². The average Bonchev–Trinajstić information content (AvgIpc) is 2.34. The van der Waals surface area contributed by atoms with Gasteiger partial charge in [-0.15, -0.1) is 0 Å². The Bertz CT molecular complexity index is 220. The molecule has 0 fully saturated rings. The van der Waals surface area contributed by atoms with Gasteiger partial charge in [-0.1, -0.05) is 0 Å².